The number of aryl methyl sites for hydroxylation is 1. The molecule has 0 aliphatic heterocycles. The van der Waals surface area contributed by atoms with Crippen LogP contribution in [0.25, 0.3) is 28.3 Å². The Labute approximate surface area is 164 Å². The van der Waals surface area contributed by atoms with E-state index in [9.17, 15) is 9.90 Å². The molecule has 0 atom stereocenters. The van der Waals surface area contributed by atoms with E-state index < -0.39 is 0 Å². The molecular formula is C26H18O2. The Balaban J connectivity index is 1.74. The van der Waals surface area contributed by atoms with Gasteiger partial charge in [-0.3, -0.25) is 4.79 Å². The lowest BCUT2D eigenvalue weighted by molar-refractivity contribution is -0.297. The highest BCUT2D eigenvalue weighted by Crippen LogP contribution is 2.48. The Morgan fingerprint density at radius 1 is 0.893 bits per heavy atom. The molecule has 4 aliphatic rings. The number of Topliss-reactive ketones (excluding diaryl/α,β-unsaturated/α-hetero) is 1. The number of carbonyl (C=O) groups is 1. The van der Waals surface area contributed by atoms with Gasteiger partial charge in [-0.05, 0) is 60.4 Å². The fourth-order valence-corrected chi connectivity index (χ4v) is 4.38. The highest BCUT2D eigenvalue weighted by atomic mass is 16.3. The summed E-state index contributed by atoms with van der Waals surface area (Å²) < 4.78 is 0. The van der Waals surface area contributed by atoms with Crippen molar-refractivity contribution in [1.29, 1.82) is 0 Å². The molecule has 4 aliphatic carbocycles. The molecule has 0 heterocycles. The van der Waals surface area contributed by atoms with E-state index in [0.29, 0.717) is 11.1 Å². The Morgan fingerprint density at radius 3 is 2.46 bits per heavy atom. The molecule has 28 heavy (non-hydrogen) atoms. The Morgan fingerprint density at radius 2 is 1.64 bits per heavy atom. The van der Waals surface area contributed by atoms with E-state index in [1.807, 2.05) is 86.7 Å². The molecule has 1 aromatic rings. The molecule has 0 bridgehead atoms. The van der Waals surface area contributed by atoms with E-state index >= 15 is 0 Å². The summed E-state index contributed by atoms with van der Waals surface area (Å²) in [5.74, 6) is -0.288. The summed E-state index contributed by atoms with van der Waals surface area (Å²) in [6.45, 7) is 3.92. The Hall–Kier alpha value is -3.52. The predicted octanol–water partition coefficient (Wildman–Crippen LogP) is 4.91. The van der Waals surface area contributed by atoms with Gasteiger partial charge in [0.15, 0.2) is 0 Å². The van der Waals surface area contributed by atoms with Crippen LogP contribution in [0.5, 0.6) is 0 Å². The minimum Gasteiger partial charge on any atom is -0.866 e. The second-order valence-corrected chi connectivity index (χ2v) is 7.37. The van der Waals surface area contributed by atoms with Gasteiger partial charge >= 0.3 is 0 Å². The highest BCUT2D eigenvalue weighted by Gasteiger charge is 2.39. The largest absolute Gasteiger partial charge is 0.866 e. The first-order chi connectivity index (χ1) is 13.6. The summed E-state index contributed by atoms with van der Waals surface area (Å²) >= 11 is 0. The van der Waals surface area contributed by atoms with Gasteiger partial charge in [-0.1, -0.05) is 42.2 Å². The molecule has 2 nitrogen and oxygen atoms in total. The first-order valence-electron chi connectivity index (χ1n) is 9.38. The minimum atomic E-state index is -0.144. The zero-order valence-corrected chi connectivity index (χ0v) is 15.7. The van der Waals surface area contributed by atoms with E-state index in [1.165, 1.54) is 0 Å². The minimum absolute atomic E-state index is 0.144. The van der Waals surface area contributed by atoms with Crippen molar-refractivity contribution in [3.63, 3.8) is 0 Å². The number of fused-ring (bicyclic) bond motifs is 2. The van der Waals surface area contributed by atoms with Gasteiger partial charge in [0.25, 0.3) is 0 Å². The molecule has 0 amide bonds. The van der Waals surface area contributed by atoms with E-state index in [4.69, 9.17) is 0 Å². The normalized spacial score (nSPS) is 18.2. The van der Waals surface area contributed by atoms with Crippen LogP contribution in [0.15, 0.2) is 83.6 Å². The standard InChI is InChI=1S/C26H18O2/c1-15-13-17-9-5-3-7-11-19(17)21(15)23-25(27)24(26(23)28)22-16(2)14-18-10-6-4-8-12-20(18)22/h3-14H,1-2H3. The van der Waals surface area contributed by atoms with Crippen LogP contribution < -0.4 is 5.11 Å². The average Bonchev–Trinajstić information content (AvgIpc) is 2.93. The van der Waals surface area contributed by atoms with Crippen LogP contribution in [0.2, 0.25) is 0 Å². The van der Waals surface area contributed by atoms with Gasteiger partial charge in [0.05, 0.1) is 22.3 Å². The van der Waals surface area contributed by atoms with Gasteiger partial charge in [0, 0.05) is 23.3 Å². The molecule has 1 aromatic carbocycles. The quantitative estimate of drug-likeness (QED) is 0.456. The molecule has 0 saturated carbocycles. The van der Waals surface area contributed by atoms with Crippen LogP contribution in [0, 0.1) is 6.92 Å². The van der Waals surface area contributed by atoms with E-state index in [-0.39, 0.29) is 11.5 Å². The third-order valence-electron chi connectivity index (χ3n) is 5.62. The Bertz CT molecular complexity index is 1240. The topological polar surface area (TPSA) is 40.1 Å². The van der Waals surface area contributed by atoms with Crippen LogP contribution in [0.1, 0.15) is 29.2 Å². The maximum Gasteiger partial charge on any atom is 0.221 e. The van der Waals surface area contributed by atoms with Crippen LogP contribution in [0.3, 0.4) is 0 Å². The number of hydrogen-bond donors (Lipinski definition) is 0. The molecule has 0 saturated heterocycles. The predicted molar refractivity (Wildman–Crippen MR) is 111 cm³/mol. The monoisotopic (exact) mass is 362 g/mol. The van der Waals surface area contributed by atoms with Crippen molar-refractivity contribution >= 4 is 23.0 Å². The van der Waals surface area contributed by atoms with Crippen LogP contribution in [-0.2, 0) is 4.79 Å². The molecule has 0 radical (unpaired) electrons. The smallest absolute Gasteiger partial charge is 0.221 e. The number of carbonyl (C=O) groups excluding carboxylic acids is 1. The lowest BCUT2D eigenvalue weighted by Gasteiger charge is -2.30. The summed E-state index contributed by atoms with van der Waals surface area (Å²) in [6.07, 6.45) is 2.04. The number of hydrogen-bond acceptors (Lipinski definition) is 2. The second kappa shape index (κ2) is 6.00. The first kappa shape index (κ1) is 16.6. The van der Waals surface area contributed by atoms with Crippen molar-refractivity contribution in [2.45, 2.75) is 13.8 Å². The zero-order valence-electron chi connectivity index (χ0n) is 15.7. The van der Waals surface area contributed by atoms with E-state index in [0.717, 1.165) is 44.5 Å². The van der Waals surface area contributed by atoms with Gasteiger partial charge in [-0.25, -0.2) is 0 Å². The maximum absolute atomic E-state index is 13.2. The maximum atomic E-state index is 13.2. The van der Waals surface area contributed by atoms with Gasteiger partial charge in [0.2, 0.25) is 5.78 Å². The summed E-state index contributed by atoms with van der Waals surface area (Å²) in [5.41, 5.74) is 8.13. The third-order valence-corrected chi connectivity index (χ3v) is 5.62. The summed E-state index contributed by atoms with van der Waals surface area (Å²) in [5, 5.41) is 13.2. The number of allylic oxidation sites excluding steroid dienone is 4. The van der Waals surface area contributed by atoms with Crippen LogP contribution in [0.4, 0.5) is 0 Å². The molecule has 0 N–H and O–H groups in total. The van der Waals surface area contributed by atoms with Crippen molar-refractivity contribution in [3.8, 4) is 11.1 Å². The summed E-state index contributed by atoms with van der Waals surface area (Å²) in [4.78, 5) is 13.2. The SMILES string of the molecule is CC1=Cc2ccccc[c+]2/C1=C1\C(=O)C(c2c(C)cc3cccccc2-3)=C1[O-]. The van der Waals surface area contributed by atoms with E-state index in [1.54, 1.807) is 0 Å². The van der Waals surface area contributed by atoms with Gasteiger partial charge in [-0.15, -0.1) is 0 Å². The molecule has 0 unspecified atom stereocenters. The number of rotatable bonds is 1. The fraction of sp³-hybridized carbons (Fsp3) is 0.0769. The van der Waals surface area contributed by atoms with E-state index in [2.05, 4.69) is 0 Å². The third kappa shape index (κ3) is 2.21. The number of ketones is 1. The Kier molecular flexibility index (Phi) is 3.56. The lowest BCUT2D eigenvalue weighted by Crippen LogP contribution is -2.30. The average molecular weight is 362 g/mol. The molecule has 5 rings (SSSR count). The second-order valence-electron chi connectivity index (χ2n) is 7.37. The van der Waals surface area contributed by atoms with Gasteiger partial charge in [-0.2, -0.15) is 0 Å². The van der Waals surface area contributed by atoms with Crippen LogP contribution >= 0.6 is 0 Å². The lowest BCUT2D eigenvalue weighted by atomic mass is 9.77. The first-order valence-corrected chi connectivity index (χ1v) is 9.38. The molecule has 0 fully saturated rings. The van der Waals surface area contributed by atoms with Crippen molar-refractivity contribution in [3.05, 3.63) is 106 Å². The van der Waals surface area contributed by atoms with Gasteiger partial charge in [0.1, 0.15) is 0 Å². The molecule has 134 valence electrons. The fourth-order valence-electron chi connectivity index (χ4n) is 4.38. The highest BCUT2D eigenvalue weighted by molar-refractivity contribution is 6.42. The van der Waals surface area contributed by atoms with Crippen molar-refractivity contribution in [1.82, 2.24) is 0 Å². The van der Waals surface area contributed by atoms with Crippen molar-refractivity contribution < 1.29 is 9.90 Å². The van der Waals surface area contributed by atoms with Crippen molar-refractivity contribution in [2.24, 2.45) is 0 Å². The van der Waals surface area contributed by atoms with Crippen LogP contribution in [-0.4, -0.2) is 5.78 Å². The molecular weight excluding hydrogens is 344 g/mol. The van der Waals surface area contributed by atoms with Crippen molar-refractivity contribution in [2.75, 3.05) is 0 Å². The summed E-state index contributed by atoms with van der Waals surface area (Å²) in [7, 11) is 0. The van der Waals surface area contributed by atoms with Gasteiger partial charge < -0.3 is 5.11 Å². The summed E-state index contributed by atoms with van der Waals surface area (Å²) in [6, 6.07) is 21.8. The zero-order chi connectivity index (χ0) is 19.4. The molecule has 0 aromatic heterocycles. The molecule has 0 spiro atoms. The molecule has 2 heteroatoms.